The fraction of sp³-hybridized carbons (Fsp3) is 0.353. The lowest BCUT2D eigenvalue weighted by molar-refractivity contribution is 0.0922. The summed E-state index contributed by atoms with van der Waals surface area (Å²) in [6.07, 6.45) is 2.09. The Hall–Kier alpha value is -2.27. The number of nitrogens with one attached hydrogen (secondary N) is 1. The van der Waals surface area contributed by atoms with Crippen LogP contribution in [0.3, 0.4) is 0 Å². The lowest BCUT2D eigenvalue weighted by atomic mass is 10.1. The van der Waals surface area contributed by atoms with Crippen LogP contribution in [-0.4, -0.2) is 42.1 Å². The second kappa shape index (κ2) is 6.23. The second-order valence-electron chi connectivity index (χ2n) is 5.63. The number of hydrogen-bond acceptors (Lipinski definition) is 3. The molecule has 5 heteroatoms. The Morgan fingerprint density at radius 2 is 2.14 bits per heavy atom. The van der Waals surface area contributed by atoms with Gasteiger partial charge < -0.3 is 14.6 Å². The summed E-state index contributed by atoms with van der Waals surface area (Å²) in [7, 11) is 3.67. The van der Waals surface area contributed by atoms with E-state index in [2.05, 4.69) is 40.2 Å². The minimum Gasteiger partial charge on any atom is -0.496 e. The third kappa shape index (κ3) is 2.85. The molecule has 1 N–H and O–H groups in total. The molecule has 0 saturated heterocycles. The number of amides is 1. The van der Waals surface area contributed by atoms with E-state index in [-0.39, 0.29) is 5.91 Å². The molecule has 0 bridgehead atoms. The highest BCUT2D eigenvalue weighted by atomic mass is 16.5. The van der Waals surface area contributed by atoms with E-state index in [1.807, 2.05) is 12.1 Å². The van der Waals surface area contributed by atoms with Gasteiger partial charge in [-0.3, -0.25) is 9.69 Å². The molecule has 1 atom stereocenters. The molecule has 0 spiro atoms. The first-order chi connectivity index (χ1) is 10.7. The van der Waals surface area contributed by atoms with Crippen molar-refractivity contribution in [3.63, 3.8) is 0 Å². The Kier molecular flexibility index (Phi) is 4.15. The molecule has 1 aromatic carbocycles. The standard InChI is InChI=1S/C17H21N3O2/c1-19-11-13-6-5-9-20(13)12-14(19)10-18-17(21)15-7-3-4-8-16(15)22-2/h3-9,14H,10-12H2,1-2H3,(H,18,21). The molecule has 1 aliphatic rings. The number of fused-ring (bicyclic) bond motifs is 1. The molecule has 116 valence electrons. The van der Waals surface area contributed by atoms with Crippen molar-refractivity contribution in [2.24, 2.45) is 0 Å². The Morgan fingerprint density at radius 3 is 2.95 bits per heavy atom. The van der Waals surface area contributed by atoms with E-state index < -0.39 is 0 Å². The number of ether oxygens (including phenoxy) is 1. The van der Waals surface area contributed by atoms with Crippen LogP contribution >= 0.6 is 0 Å². The molecule has 2 heterocycles. The van der Waals surface area contributed by atoms with Crippen LogP contribution in [-0.2, 0) is 13.1 Å². The number of carbonyl (C=O) groups is 1. The average molecular weight is 299 g/mol. The lowest BCUT2D eigenvalue weighted by Crippen LogP contribution is -2.47. The van der Waals surface area contributed by atoms with Gasteiger partial charge >= 0.3 is 0 Å². The SMILES string of the molecule is COc1ccccc1C(=O)NCC1Cn2cccc2CN1C. The first-order valence-electron chi connectivity index (χ1n) is 7.44. The first kappa shape index (κ1) is 14.7. The van der Waals surface area contributed by atoms with E-state index in [0.29, 0.717) is 23.9 Å². The quantitative estimate of drug-likeness (QED) is 0.935. The van der Waals surface area contributed by atoms with Gasteiger partial charge in [0.1, 0.15) is 5.75 Å². The maximum Gasteiger partial charge on any atom is 0.255 e. The van der Waals surface area contributed by atoms with Crippen LogP contribution in [0.1, 0.15) is 16.1 Å². The van der Waals surface area contributed by atoms with Gasteiger partial charge in [0, 0.05) is 37.6 Å². The van der Waals surface area contributed by atoms with Crippen molar-refractivity contribution >= 4 is 5.91 Å². The number of likely N-dealkylation sites (N-methyl/N-ethyl adjacent to an activating group) is 1. The minimum absolute atomic E-state index is 0.0934. The number of hydrogen-bond donors (Lipinski definition) is 1. The minimum atomic E-state index is -0.0934. The van der Waals surface area contributed by atoms with Crippen molar-refractivity contribution in [3.05, 3.63) is 53.9 Å². The van der Waals surface area contributed by atoms with Gasteiger partial charge in [0.15, 0.2) is 0 Å². The Bertz CT molecular complexity index is 665. The molecule has 5 nitrogen and oxygen atoms in total. The van der Waals surface area contributed by atoms with E-state index >= 15 is 0 Å². The third-order valence-corrected chi connectivity index (χ3v) is 4.22. The highest BCUT2D eigenvalue weighted by Crippen LogP contribution is 2.18. The van der Waals surface area contributed by atoms with E-state index in [1.54, 1.807) is 19.2 Å². The molecule has 0 radical (unpaired) electrons. The average Bonchev–Trinajstić information content (AvgIpc) is 2.99. The zero-order chi connectivity index (χ0) is 15.5. The van der Waals surface area contributed by atoms with E-state index in [9.17, 15) is 4.79 Å². The van der Waals surface area contributed by atoms with Gasteiger partial charge in [0.2, 0.25) is 0 Å². The van der Waals surface area contributed by atoms with Crippen molar-refractivity contribution in [2.75, 3.05) is 20.7 Å². The number of para-hydroxylation sites is 1. The number of nitrogens with zero attached hydrogens (tertiary/aromatic N) is 2. The number of benzene rings is 1. The fourth-order valence-electron chi connectivity index (χ4n) is 2.88. The molecular formula is C17H21N3O2. The summed E-state index contributed by atoms with van der Waals surface area (Å²) in [5.41, 5.74) is 1.89. The zero-order valence-corrected chi connectivity index (χ0v) is 13.0. The summed E-state index contributed by atoms with van der Waals surface area (Å²) >= 11 is 0. The van der Waals surface area contributed by atoms with Crippen LogP contribution in [0.4, 0.5) is 0 Å². The van der Waals surface area contributed by atoms with Crippen molar-refractivity contribution in [1.29, 1.82) is 0 Å². The summed E-state index contributed by atoms with van der Waals surface area (Å²) in [5.74, 6) is 0.508. The second-order valence-corrected chi connectivity index (χ2v) is 5.63. The number of rotatable bonds is 4. The van der Waals surface area contributed by atoms with Crippen LogP contribution in [0.2, 0.25) is 0 Å². The summed E-state index contributed by atoms with van der Waals surface area (Å²) in [6.45, 7) is 2.41. The van der Waals surface area contributed by atoms with E-state index in [0.717, 1.165) is 13.1 Å². The molecular weight excluding hydrogens is 278 g/mol. The number of carbonyl (C=O) groups excluding carboxylic acids is 1. The van der Waals surface area contributed by atoms with Gasteiger partial charge in [0.05, 0.1) is 12.7 Å². The molecule has 0 saturated carbocycles. The fourth-order valence-corrected chi connectivity index (χ4v) is 2.88. The maximum atomic E-state index is 12.4. The zero-order valence-electron chi connectivity index (χ0n) is 13.0. The van der Waals surface area contributed by atoms with Crippen LogP contribution in [0, 0.1) is 0 Å². The largest absolute Gasteiger partial charge is 0.496 e. The van der Waals surface area contributed by atoms with Crippen molar-refractivity contribution < 1.29 is 9.53 Å². The van der Waals surface area contributed by atoms with Crippen LogP contribution in [0.5, 0.6) is 5.75 Å². The maximum absolute atomic E-state index is 12.4. The van der Waals surface area contributed by atoms with Crippen LogP contribution in [0.15, 0.2) is 42.6 Å². The molecule has 1 unspecified atom stereocenters. The van der Waals surface area contributed by atoms with Gasteiger partial charge in [-0.15, -0.1) is 0 Å². The Morgan fingerprint density at radius 1 is 1.32 bits per heavy atom. The number of aromatic nitrogens is 1. The molecule has 2 aromatic rings. The molecule has 1 aliphatic heterocycles. The lowest BCUT2D eigenvalue weighted by Gasteiger charge is -2.34. The monoisotopic (exact) mass is 299 g/mol. The summed E-state index contributed by atoms with van der Waals surface area (Å²) in [5, 5.41) is 3.02. The Balaban J connectivity index is 1.64. The molecule has 0 aliphatic carbocycles. The van der Waals surface area contributed by atoms with Crippen molar-refractivity contribution in [1.82, 2.24) is 14.8 Å². The van der Waals surface area contributed by atoms with Gasteiger partial charge in [-0.25, -0.2) is 0 Å². The molecule has 1 aromatic heterocycles. The summed E-state index contributed by atoms with van der Waals surface area (Å²) < 4.78 is 7.49. The van der Waals surface area contributed by atoms with Gasteiger partial charge in [0.25, 0.3) is 5.91 Å². The molecule has 22 heavy (non-hydrogen) atoms. The summed E-state index contributed by atoms with van der Waals surface area (Å²) in [6, 6.07) is 11.8. The van der Waals surface area contributed by atoms with Crippen molar-refractivity contribution in [2.45, 2.75) is 19.1 Å². The van der Waals surface area contributed by atoms with Gasteiger partial charge in [-0.05, 0) is 31.3 Å². The van der Waals surface area contributed by atoms with E-state index in [1.165, 1.54) is 5.69 Å². The molecule has 3 rings (SSSR count). The third-order valence-electron chi connectivity index (χ3n) is 4.22. The van der Waals surface area contributed by atoms with Gasteiger partial charge in [-0.1, -0.05) is 12.1 Å². The van der Waals surface area contributed by atoms with Crippen LogP contribution in [0.25, 0.3) is 0 Å². The Labute approximate surface area is 130 Å². The van der Waals surface area contributed by atoms with Gasteiger partial charge in [-0.2, -0.15) is 0 Å². The smallest absolute Gasteiger partial charge is 0.255 e. The predicted molar refractivity (Wildman–Crippen MR) is 85.0 cm³/mol. The molecule has 1 amide bonds. The molecule has 0 fully saturated rings. The van der Waals surface area contributed by atoms with Crippen molar-refractivity contribution in [3.8, 4) is 5.75 Å². The first-order valence-corrected chi connectivity index (χ1v) is 7.44. The predicted octanol–water partition coefficient (Wildman–Crippen LogP) is 1.74. The number of methoxy groups -OCH3 is 1. The highest BCUT2D eigenvalue weighted by molar-refractivity contribution is 5.96. The van der Waals surface area contributed by atoms with Crippen LogP contribution < -0.4 is 10.1 Å². The topological polar surface area (TPSA) is 46.5 Å². The highest BCUT2D eigenvalue weighted by Gasteiger charge is 2.23. The van der Waals surface area contributed by atoms with E-state index in [4.69, 9.17) is 4.74 Å². The normalized spacial score (nSPS) is 17.8. The summed E-state index contributed by atoms with van der Waals surface area (Å²) in [4.78, 5) is 14.6.